The van der Waals surface area contributed by atoms with Gasteiger partial charge in [-0.1, -0.05) is 206 Å². The van der Waals surface area contributed by atoms with Gasteiger partial charge in [0.15, 0.2) is 0 Å². The minimum absolute atomic E-state index is 0.0725. The van der Waals surface area contributed by atoms with Crippen molar-refractivity contribution >= 4 is 11.9 Å². The maximum Gasteiger partial charge on any atom is 0.306 e. The van der Waals surface area contributed by atoms with Gasteiger partial charge in [0, 0.05) is 6.42 Å². The quantitative estimate of drug-likeness (QED) is 0.0327. The summed E-state index contributed by atoms with van der Waals surface area (Å²) in [6.45, 7) is 6.36. The molecule has 3 atom stereocenters. The zero-order valence-electron chi connectivity index (χ0n) is 36.1. The van der Waals surface area contributed by atoms with E-state index in [0.29, 0.717) is 19.3 Å². The number of aliphatic hydroxyl groups excluding tert-OH is 2. The maximum atomic E-state index is 13.1. The third-order valence-corrected chi connectivity index (χ3v) is 10.8. The van der Waals surface area contributed by atoms with Gasteiger partial charge in [-0.25, -0.2) is 0 Å². The van der Waals surface area contributed by atoms with Crippen LogP contribution < -0.4 is 5.32 Å². The first-order valence-electron chi connectivity index (χ1n) is 23.6. The van der Waals surface area contributed by atoms with Gasteiger partial charge in [-0.2, -0.15) is 0 Å². The smallest absolute Gasteiger partial charge is 0.306 e. The molecule has 0 fully saturated rings. The molecule has 0 aromatic rings. The van der Waals surface area contributed by atoms with Gasteiger partial charge in [0.2, 0.25) is 5.91 Å². The molecule has 0 aliphatic heterocycles. The Bertz CT molecular complexity index is 858. The molecule has 3 unspecified atom stereocenters. The number of allylic oxidation sites excluding steroid dienone is 4. The van der Waals surface area contributed by atoms with Crippen LogP contribution in [0.25, 0.3) is 0 Å². The zero-order valence-corrected chi connectivity index (χ0v) is 36.1. The van der Waals surface area contributed by atoms with Crippen LogP contribution in [-0.4, -0.2) is 46.9 Å². The van der Waals surface area contributed by atoms with E-state index in [4.69, 9.17) is 4.74 Å². The normalized spacial score (nSPS) is 13.5. The van der Waals surface area contributed by atoms with Crippen LogP contribution in [0.2, 0.25) is 0 Å². The average Bonchev–Trinajstić information content (AvgIpc) is 3.16. The second-order valence-corrected chi connectivity index (χ2v) is 16.1. The molecule has 3 N–H and O–H groups in total. The largest absolute Gasteiger partial charge is 0.462 e. The number of nitrogens with one attached hydrogen (secondary N) is 1. The van der Waals surface area contributed by atoms with E-state index in [-0.39, 0.29) is 24.9 Å². The van der Waals surface area contributed by atoms with Crippen LogP contribution in [0.4, 0.5) is 0 Å². The standard InChI is InChI=1S/C48H91NO5/c1-4-7-10-13-16-19-22-25-27-30-33-36-39-44(54-48(53)41-38-35-32-29-26-23-20-17-14-11-8-5-2)42-47(52)49-45(43-50)46(51)40-37-34-31-28-24-21-18-15-12-9-6-3/h7,10,16,19,44-46,50-51H,4-6,8-9,11-15,17-18,20-43H2,1-3H3,(H,49,52)/b10-7+,19-16+. The molecule has 0 saturated heterocycles. The summed E-state index contributed by atoms with van der Waals surface area (Å²) in [5.41, 5.74) is 0. The lowest BCUT2D eigenvalue weighted by Gasteiger charge is -2.24. The lowest BCUT2D eigenvalue weighted by molar-refractivity contribution is -0.151. The molecule has 0 bridgehead atoms. The van der Waals surface area contributed by atoms with Crippen molar-refractivity contribution in [1.82, 2.24) is 5.32 Å². The van der Waals surface area contributed by atoms with Gasteiger partial charge in [0.1, 0.15) is 6.10 Å². The molecule has 1 amide bonds. The minimum atomic E-state index is -0.785. The first kappa shape index (κ1) is 52.3. The van der Waals surface area contributed by atoms with Crippen LogP contribution in [0.5, 0.6) is 0 Å². The fraction of sp³-hybridized carbons (Fsp3) is 0.875. The summed E-state index contributed by atoms with van der Waals surface area (Å²) in [6.07, 6.45) is 46.6. The third kappa shape index (κ3) is 37.3. The summed E-state index contributed by atoms with van der Waals surface area (Å²) < 4.78 is 5.90. The highest BCUT2D eigenvalue weighted by Crippen LogP contribution is 2.18. The van der Waals surface area contributed by atoms with Gasteiger partial charge < -0.3 is 20.3 Å². The van der Waals surface area contributed by atoms with Crippen molar-refractivity contribution in [2.45, 2.75) is 264 Å². The lowest BCUT2D eigenvalue weighted by Crippen LogP contribution is -2.46. The Kier molecular flexibility index (Phi) is 41.2. The van der Waals surface area contributed by atoms with Crippen molar-refractivity contribution in [3.63, 3.8) is 0 Å². The third-order valence-electron chi connectivity index (χ3n) is 10.8. The first-order valence-corrected chi connectivity index (χ1v) is 23.6. The molecule has 54 heavy (non-hydrogen) atoms. The fourth-order valence-electron chi connectivity index (χ4n) is 7.23. The number of esters is 1. The Morgan fingerprint density at radius 3 is 1.50 bits per heavy atom. The molecule has 6 nitrogen and oxygen atoms in total. The van der Waals surface area contributed by atoms with Crippen LogP contribution in [-0.2, 0) is 14.3 Å². The highest BCUT2D eigenvalue weighted by molar-refractivity contribution is 5.77. The second-order valence-electron chi connectivity index (χ2n) is 16.1. The van der Waals surface area contributed by atoms with Crippen molar-refractivity contribution in [3.05, 3.63) is 24.3 Å². The Balaban J connectivity index is 4.58. The average molecular weight is 762 g/mol. The molecular formula is C48H91NO5. The summed E-state index contributed by atoms with van der Waals surface area (Å²) in [5.74, 6) is -0.480. The minimum Gasteiger partial charge on any atom is -0.462 e. The Morgan fingerprint density at radius 2 is 1.00 bits per heavy atom. The molecule has 0 spiro atoms. The van der Waals surface area contributed by atoms with Gasteiger partial charge in [-0.15, -0.1) is 0 Å². The van der Waals surface area contributed by atoms with E-state index in [9.17, 15) is 19.8 Å². The molecule has 0 aliphatic carbocycles. The number of amides is 1. The van der Waals surface area contributed by atoms with Crippen LogP contribution in [0.3, 0.4) is 0 Å². The highest BCUT2D eigenvalue weighted by Gasteiger charge is 2.24. The van der Waals surface area contributed by atoms with E-state index in [2.05, 4.69) is 50.4 Å². The summed E-state index contributed by atoms with van der Waals surface area (Å²) in [7, 11) is 0. The summed E-state index contributed by atoms with van der Waals surface area (Å²) in [4.78, 5) is 26.0. The van der Waals surface area contributed by atoms with Crippen molar-refractivity contribution in [2.75, 3.05) is 6.61 Å². The van der Waals surface area contributed by atoms with Gasteiger partial charge in [0.05, 0.1) is 25.2 Å². The molecule has 0 aliphatic rings. The molecule has 0 rings (SSSR count). The number of hydrogen-bond donors (Lipinski definition) is 3. The Hall–Kier alpha value is -1.66. The van der Waals surface area contributed by atoms with Crippen molar-refractivity contribution in [2.24, 2.45) is 0 Å². The molecule has 318 valence electrons. The molecule has 0 heterocycles. The number of ether oxygens (including phenoxy) is 1. The summed E-state index contributed by atoms with van der Waals surface area (Å²) >= 11 is 0. The van der Waals surface area contributed by atoms with E-state index in [1.165, 1.54) is 122 Å². The Morgan fingerprint density at radius 1 is 0.556 bits per heavy atom. The van der Waals surface area contributed by atoms with Crippen molar-refractivity contribution in [1.29, 1.82) is 0 Å². The van der Waals surface area contributed by atoms with Gasteiger partial charge >= 0.3 is 5.97 Å². The summed E-state index contributed by atoms with van der Waals surface area (Å²) in [5, 5.41) is 23.6. The van der Waals surface area contributed by atoms with E-state index >= 15 is 0 Å². The van der Waals surface area contributed by atoms with Crippen LogP contribution in [0, 0.1) is 0 Å². The highest BCUT2D eigenvalue weighted by atomic mass is 16.5. The molecule has 0 radical (unpaired) electrons. The lowest BCUT2D eigenvalue weighted by atomic mass is 10.0. The molecule has 0 aromatic carbocycles. The monoisotopic (exact) mass is 762 g/mol. The van der Waals surface area contributed by atoms with E-state index in [1.807, 2.05) is 0 Å². The maximum absolute atomic E-state index is 13.1. The molecule has 6 heteroatoms. The molecular weight excluding hydrogens is 671 g/mol. The van der Waals surface area contributed by atoms with E-state index in [0.717, 1.165) is 77.0 Å². The number of unbranched alkanes of at least 4 members (excludes halogenated alkanes) is 26. The van der Waals surface area contributed by atoms with Crippen molar-refractivity contribution in [3.8, 4) is 0 Å². The topological polar surface area (TPSA) is 95.9 Å². The number of aliphatic hydroxyl groups is 2. The SMILES string of the molecule is CC/C=C/C/C=C/CCCCCCCC(CC(=O)NC(CO)C(O)CCCCCCCCCCCCC)OC(=O)CCCCCCCCCCCCCC. The number of carbonyl (C=O) groups is 2. The molecule has 0 aromatic heterocycles. The van der Waals surface area contributed by atoms with Crippen molar-refractivity contribution < 1.29 is 24.5 Å². The predicted molar refractivity (Wildman–Crippen MR) is 232 cm³/mol. The number of carbonyl (C=O) groups excluding carboxylic acids is 2. The zero-order chi connectivity index (χ0) is 39.6. The first-order chi connectivity index (χ1) is 26.5. The Labute approximate surface area is 335 Å². The number of hydrogen-bond acceptors (Lipinski definition) is 5. The van der Waals surface area contributed by atoms with Gasteiger partial charge in [-0.3, -0.25) is 9.59 Å². The fourth-order valence-corrected chi connectivity index (χ4v) is 7.23. The van der Waals surface area contributed by atoms with Crippen LogP contribution in [0.1, 0.15) is 245 Å². The number of rotatable bonds is 42. The van der Waals surface area contributed by atoms with Crippen LogP contribution >= 0.6 is 0 Å². The van der Waals surface area contributed by atoms with E-state index < -0.39 is 18.2 Å². The second kappa shape index (κ2) is 42.5. The van der Waals surface area contributed by atoms with Gasteiger partial charge in [-0.05, 0) is 51.4 Å². The summed E-state index contributed by atoms with van der Waals surface area (Å²) in [6, 6.07) is -0.699. The van der Waals surface area contributed by atoms with Crippen LogP contribution in [0.15, 0.2) is 24.3 Å². The predicted octanol–water partition coefficient (Wildman–Crippen LogP) is 13.6. The van der Waals surface area contributed by atoms with E-state index in [1.54, 1.807) is 0 Å². The molecule has 0 saturated carbocycles. The van der Waals surface area contributed by atoms with Gasteiger partial charge in [0.25, 0.3) is 0 Å².